The quantitative estimate of drug-likeness (QED) is 0.728. The normalized spacial score (nSPS) is 16.4. The Morgan fingerprint density at radius 2 is 2.54 bits per heavy atom. The van der Waals surface area contributed by atoms with Crippen LogP contribution in [-0.2, 0) is 18.0 Å². The number of nitrogens with one attached hydrogen (secondary N) is 1. The van der Waals surface area contributed by atoms with Crippen molar-refractivity contribution in [3.8, 4) is 0 Å². The van der Waals surface area contributed by atoms with Gasteiger partial charge in [-0.1, -0.05) is 0 Å². The molecule has 1 saturated carbocycles. The van der Waals surface area contributed by atoms with Crippen LogP contribution in [-0.4, -0.2) is 22.7 Å². The third kappa shape index (κ3) is 2.54. The average Bonchev–Trinajstić information content (AvgIpc) is 2.85. The van der Waals surface area contributed by atoms with Crippen molar-refractivity contribution < 1.29 is 4.74 Å². The van der Waals surface area contributed by atoms with Gasteiger partial charge in [0.05, 0.1) is 12.0 Å². The molecule has 1 N–H and O–H groups in total. The molecule has 0 aromatic carbocycles. The monoisotopic (exact) mass is 181 g/mol. The standard InChI is InChI=1S/C9H15N3O/c1-13-7-12-5-9(11-6-12)4-10-8-2-3-8/h5-6,8,10H,2-4,7H2,1H3. The fourth-order valence-electron chi connectivity index (χ4n) is 1.25. The third-order valence-corrected chi connectivity index (χ3v) is 2.11. The van der Waals surface area contributed by atoms with Gasteiger partial charge in [-0.15, -0.1) is 0 Å². The molecule has 4 nitrogen and oxygen atoms in total. The lowest BCUT2D eigenvalue weighted by Crippen LogP contribution is -2.15. The molecule has 0 amide bonds. The average molecular weight is 181 g/mol. The van der Waals surface area contributed by atoms with Gasteiger partial charge in [0, 0.05) is 25.9 Å². The Labute approximate surface area is 77.9 Å². The SMILES string of the molecule is COCn1cnc(CNC2CC2)c1. The number of ether oxygens (including phenoxy) is 1. The summed E-state index contributed by atoms with van der Waals surface area (Å²) in [7, 11) is 1.68. The van der Waals surface area contributed by atoms with Gasteiger partial charge in [0.25, 0.3) is 0 Å². The molecule has 4 heteroatoms. The molecular formula is C9H15N3O. The van der Waals surface area contributed by atoms with Crippen LogP contribution in [0.3, 0.4) is 0 Å². The Bertz CT molecular complexity index is 268. The summed E-state index contributed by atoms with van der Waals surface area (Å²) in [6.07, 6.45) is 6.45. The Morgan fingerprint density at radius 3 is 3.23 bits per heavy atom. The summed E-state index contributed by atoms with van der Waals surface area (Å²) in [5, 5.41) is 3.41. The van der Waals surface area contributed by atoms with Gasteiger partial charge in [0.15, 0.2) is 0 Å². The maximum Gasteiger partial charge on any atom is 0.123 e. The second-order valence-corrected chi connectivity index (χ2v) is 3.45. The number of aromatic nitrogens is 2. The van der Waals surface area contributed by atoms with Gasteiger partial charge in [-0.25, -0.2) is 4.98 Å². The van der Waals surface area contributed by atoms with Crippen molar-refractivity contribution in [3.05, 3.63) is 18.2 Å². The fraction of sp³-hybridized carbons (Fsp3) is 0.667. The highest BCUT2D eigenvalue weighted by Crippen LogP contribution is 2.18. The number of nitrogens with zero attached hydrogens (tertiary/aromatic N) is 2. The second-order valence-electron chi connectivity index (χ2n) is 3.45. The van der Waals surface area contributed by atoms with Gasteiger partial charge >= 0.3 is 0 Å². The summed E-state index contributed by atoms with van der Waals surface area (Å²) in [6, 6.07) is 0.743. The summed E-state index contributed by atoms with van der Waals surface area (Å²) < 4.78 is 6.92. The zero-order chi connectivity index (χ0) is 9.10. The molecular weight excluding hydrogens is 166 g/mol. The van der Waals surface area contributed by atoms with Crippen molar-refractivity contribution in [1.82, 2.24) is 14.9 Å². The van der Waals surface area contributed by atoms with Crippen molar-refractivity contribution in [3.63, 3.8) is 0 Å². The lowest BCUT2D eigenvalue weighted by atomic mass is 10.4. The van der Waals surface area contributed by atoms with Crippen LogP contribution in [0, 0.1) is 0 Å². The van der Waals surface area contributed by atoms with Crippen molar-refractivity contribution >= 4 is 0 Å². The number of hydrogen-bond acceptors (Lipinski definition) is 3. The molecule has 1 aromatic rings. The highest BCUT2D eigenvalue weighted by molar-refractivity contribution is 4.97. The van der Waals surface area contributed by atoms with Crippen molar-refractivity contribution in [2.75, 3.05) is 7.11 Å². The van der Waals surface area contributed by atoms with E-state index in [1.807, 2.05) is 10.8 Å². The smallest absolute Gasteiger partial charge is 0.123 e. The van der Waals surface area contributed by atoms with Crippen molar-refractivity contribution in [1.29, 1.82) is 0 Å². The zero-order valence-electron chi connectivity index (χ0n) is 7.86. The van der Waals surface area contributed by atoms with E-state index >= 15 is 0 Å². The summed E-state index contributed by atoms with van der Waals surface area (Å²) in [5.41, 5.74) is 1.09. The summed E-state index contributed by atoms with van der Waals surface area (Å²) in [6.45, 7) is 1.46. The second kappa shape index (κ2) is 3.89. The fourth-order valence-corrected chi connectivity index (χ4v) is 1.25. The van der Waals surface area contributed by atoms with E-state index in [0.717, 1.165) is 18.3 Å². The van der Waals surface area contributed by atoms with Crippen LogP contribution in [0.1, 0.15) is 18.5 Å². The Hall–Kier alpha value is -0.870. The van der Waals surface area contributed by atoms with Gasteiger partial charge in [0.2, 0.25) is 0 Å². The summed E-state index contributed by atoms with van der Waals surface area (Å²) in [5.74, 6) is 0. The molecule has 0 spiro atoms. The molecule has 1 aliphatic carbocycles. The van der Waals surface area contributed by atoms with Crippen LogP contribution in [0.15, 0.2) is 12.5 Å². The molecule has 0 radical (unpaired) electrons. The molecule has 0 atom stereocenters. The molecule has 13 heavy (non-hydrogen) atoms. The number of imidazole rings is 1. The van der Waals surface area contributed by atoms with E-state index < -0.39 is 0 Å². The largest absolute Gasteiger partial charge is 0.364 e. The van der Waals surface area contributed by atoms with E-state index in [0.29, 0.717) is 6.73 Å². The minimum atomic E-state index is 0.580. The van der Waals surface area contributed by atoms with Crippen LogP contribution in [0.25, 0.3) is 0 Å². The highest BCUT2D eigenvalue weighted by Gasteiger charge is 2.20. The molecule has 0 saturated heterocycles. The first-order valence-corrected chi connectivity index (χ1v) is 4.61. The van der Waals surface area contributed by atoms with Gasteiger partial charge in [-0.2, -0.15) is 0 Å². The van der Waals surface area contributed by atoms with Crippen molar-refractivity contribution in [2.45, 2.75) is 32.2 Å². The minimum absolute atomic E-state index is 0.580. The molecule has 0 unspecified atom stereocenters. The van der Waals surface area contributed by atoms with Crippen LogP contribution >= 0.6 is 0 Å². The van der Waals surface area contributed by atoms with Gasteiger partial charge in [0.1, 0.15) is 6.73 Å². The maximum atomic E-state index is 4.98. The topological polar surface area (TPSA) is 39.1 Å². The Kier molecular flexibility index (Phi) is 2.61. The predicted octanol–water partition coefficient (Wildman–Crippen LogP) is 0.739. The van der Waals surface area contributed by atoms with Crippen LogP contribution < -0.4 is 5.32 Å². The van der Waals surface area contributed by atoms with Gasteiger partial charge in [-0.3, -0.25) is 0 Å². The van der Waals surface area contributed by atoms with Gasteiger partial charge in [-0.05, 0) is 12.8 Å². The number of rotatable bonds is 5. The molecule has 0 aliphatic heterocycles. The van der Waals surface area contributed by atoms with Crippen molar-refractivity contribution in [2.24, 2.45) is 0 Å². The van der Waals surface area contributed by atoms with E-state index in [4.69, 9.17) is 4.74 Å². The molecule has 1 aromatic heterocycles. The first kappa shape index (κ1) is 8.72. The molecule has 1 aliphatic rings. The molecule has 1 fully saturated rings. The van der Waals surface area contributed by atoms with E-state index in [1.54, 1.807) is 13.4 Å². The molecule has 72 valence electrons. The number of methoxy groups -OCH3 is 1. The lowest BCUT2D eigenvalue weighted by Gasteiger charge is -1.98. The highest BCUT2D eigenvalue weighted by atomic mass is 16.5. The van der Waals surface area contributed by atoms with E-state index in [1.165, 1.54) is 12.8 Å². The van der Waals surface area contributed by atoms with E-state index in [-0.39, 0.29) is 0 Å². The maximum absolute atomic E-state index is 4.98. The minimum Gasteiger partial charge on any atom is -0.364 e. The zero-order valence-corrected chi connectivity index (χ0v) is 7.86. The summed E-state index contributed by atoms with van der Waals surface area (Å²) >= 11 is 0. The van der Waals surface area contributed by atoms with Gasteiger partial charge < -0.3 is 14.6 Å². The summed E-state index contributed by atoms with van der Waals surface area (Å²) in [4.78, 5) is 4.26. The lowest BCUT2D eigenvalue weighted by molar-refractivity contribution is 0.131. The molecule has 0 bridgehead atoms. The molecule has 2 rings (SSSR count). The molecule has 1 heterocycles. The first-order chi connectivity index (χ1) is 6.38. The van der Waals surface area contributed by atoms with E-state index in [2.05, 4.69) is 10.3 Å². The van der Waals surface area contributed by atoms with Crippen LogP contribution in [0.4, 0.5) is 0 Å². The first-order valence-electron chi connectivity index (χ1n) is 4.61. The Balaban J connectivity index is 1.81. The predicted molar refractivity (Wildman–Crippen MR) is 49.1 cm³/mol. The van der Waals surface area contributed by atoms with E-state index in [9.17, 15) is 0 Å². The Morgan fingerprint density at radius 1 is 1.69 bits per heavy atom. The number of hydrogen-bond donors (Lipinski definition) is 1. The van der Waals surface area contributed by atoms with Crippen LogP contribution in [0.5, 0.6) is 0 Å². The third-order valence-electron chi connectivity index (χ3n) is 2.11. The van der Waals surface area contributed by atoms with Crippen LogP contribution in [0.2, 0.25) is 0 Å².